The molecule has 2 aliphatic rings. The Morgan fingerprint density at radius 1 is 1.04 bits per heavy atom. The smallest absolute Gasteiger partial charge is 0.120 e. The fourth-order valence-electron chi connectivity index (χ4n) is 4.64. The predicted octanol–water partition coefficient (Wildman–Crippen LogP) is 4.70. The standard InChI is InChI=1S/C23H30ClN3O/c1-15-14-20(23-21(28)9-8-19(24)22(15)23)25-16(2)17-4-6-18(7-5-17)27-12-10-26(3)11-13-27/h4-9,15-16,20,25,28H,10-14H2,1-3H3. The Bertz CT molecular complexity index is 830. The van der Waals surface area contributed by atoms with Crippen LogP contribution >= 0.6 is 11.6 Å². The van der Waals surface area contributed by atoms with Crippen molar-refractivity contribution < 1.29 is 5.11 Å². The molecule has 0 radical (unpaired) electrons. The number of likely N-dealkylation sites (N-methyl/N-ethyl adjacent to an activating group) is 1. The number of phenols is 1. The van der Waals surface area contributed by atoms with Gasteiger partial charge in [-0.15, -0.1) is 0 Å². The van der Waals surface area contributed by atoms with Gasteiger partial charge in [-0.2, -0.15) is 0 Å². The molecule has 3 unspecified atom stereocenters. The van der Waals surface area contributed by atoms with Crippen LogP contribution in [0, 0.1) is 0 Å². The molecule has 2 aromatic carbocycles. The second-order valence-electron chi connectivity index (χ2n) is 8.35. The highest BCUT2D eigenvalue weighted by Gasteiger charge is 2.33. The van der Waals surface area contributed by atoms with Gasteiger partial charge in [-0.05, 0) is 61.7 Å². The van der Waals surface area contributed by atoms with Crippen LogP contribution in [0.25, 0.3) is 0 Å². The third-order valence-electron chi connectivity index (χ3n) is 6.35. The Kier molecular flexibility index (Phi) is 5.55. The summed E-state index contributed by atoms with van der Waals surface area (Å²) < 4.78 is 0. The number of hydrogen-bond acceptors (Lipinski definition) is 4. The summed E-state index contributed by atoms with van der Waals surface area (Å²) in [6.07, 6.45) is 0.955. The minimum Gasteiger partial charge on any atom is -0.508 e. The molecule has 3 atom stereocenters. The van der Waals surface area contributed by atoms with E-state index in [1.807, 2.05) is 0 Å². The van der Waals surface area contributed by atoms with Crippen LogP contribution in [0.3, 0.4) is 0 Å². The molecule has 2 aromatic rings. The number of fused-ring (bicyclic) bond motifs is 1. The lowest BCUT2D eigenvalue weighted by atomic mass is 10.0. The zero-order valence-electron chi connectivity index (χ0n) is 17.0. The number of benzene rings is 2. The van der Waals surface area contributed by atoms with Crippen molar-refractivity contribution in [2.45, 2.75) is 38.3 Å². The quantitative estimate of drug-likeness (QED) is 0.781. The third-order valence-corrected chi connectivity index (χ3v) is 6.68. The maximum Gasteiger partial charge on any atom is 0.120 e. The Morgan fingerprint density at radius 2 is 1.71 bits per heavy atom. The lowest BCUT2D eigenvalue weighted by Crippen LogP contribution is -2.44. The molecule has 0 saturated carbocycles. The van der Waals surface area contributed by atoms with E-state index >= 15 is 0 Å². The highest BCUT2D eigenvalue weighted by atomic mass is 35.5. The molecule has 1 heterocycles. The summed E-state index contributed by atoms with van der Waals surface area (Å²) in [5, 5.41) is 14.9. The number of halogens is 1. The number of piperazine rings is 1. The number of aromatic hydroxyl groups is 1. The second-order valence-corrected chi connectivity index (χ2v) is 8.76. The predicted molar refractivity (Wildman–Crippen MR) is 117 cm³/mol. The number of nitrogens with zero attached hydrogens (tertiary/aromatic N) is 2. The second kappa shape index (κ2) is 7.94. The van der Waals surface area contributed by atoms with Crippen molar-refractivity contribution in [2.75, 3.05) is 38.1 Å². The lowest BCUT2D eigenvalue weighted by molar-refractivity contribution is 0.313. The molecule has 1 fully saturated rings. The maximum atomic E-state index is 10.4. The lowest BCUT2D eigenvalue weighted by Gasteiger charge is -2.34. The third kappa shape index (κ3) is 3.73. The molecule has 150 valence electrons. The first-order valence-electron chi connectivity index (χ1n) is 10.2. The van der Waals surface area contributed by atoms with E-state index in [4.69, 9.17) is 11.6 Å². The minimum atomic E-state index is 0.121. The molecule has 5 heteroatoms. The van der Waals surface area contributed by atoms with Gasteiger partial charge in [0.15, 0.2) is 0 Å². The van der Waals surface area contributed by atoms with Gasteiger partial charge in [-0.3, -0.25) is 0 Å². The van der Waals surface area contributed by atoms with Crippen LogP contribution in [-0.2, 0) is 0 Å². The van der Waals surface area contributed by atoms with Crippen molar-refractivity contribution in [1.82, 2.24) is 10.2 Å². The first-order chi connectivity index (χ1) is 13.4. The van der Waals surface area contributed by atoms with E-state index in [1.54, 1.807) is 12.1 Å². The van der Waals surface area contributed by atoms with Gasteiger partial charge in [-0.25, -0.2) is 0 Å². The van der Waals surface area contributed by atoms with Gasteiger partial charge in [0.1, 0.15) is 5.75 Å². The molecule has 0 amide bonds. The average Bonchev–Trinajstić information content (AvgIpc) is 3.02. The summed E-state index contributed by atoms with van der Waals surface area (Å²) in [5.41, 5.74) is 4.63. The first kappa shape index (κ1) is 19.6. The SMILES string of the molecule is CC1CC(NC(C)c2ccc(N3CCN(C)CC3)cc2)c2c(O)ccc(Cl)c21. The van der Waals surface area contributed by atoms with Crippen LogP contribution in [0.15, 0.2) is 36.4 Å². The van der Waals surface area contributed by atoms with Crippen molar-refractivity contribution >= 4 is 17.3 Å². The van der Waals surface area contributed by atoms with E-state index in [0.717, 1.165) is 48.7 Å². The number of phenolic OH excluding ortho intramolecular Hbond substituents is 1. The molecule has 1 saturated heterocycles. The highest BCUT2D eigenvalue weighted by molar-refractivity contribution is 6.31. The molecule has 1 aliphatic heterocycles. The molecule has 0 aromatic heterocycles. The Hall–Kier alpha value is -1.75. The summed E-state index contributed by atoms with van der Waals surface area (Å²) >= 11 is 6.41. The van der Waals surface area contributed by atoms with Gasteiger partial charge < -0.3 is 20.2 Å². The van der Waals surface area contributed by atoms with Crippen molar-refractivity contribution in [3.63, 3.8) is 0 Å². The van der Waals surface area contributed by atoms with Crippen molar-refractivity contribution in [3.8, 4) is 5.75 Å². The van der Waals surface area contributed by atoms with E-state index in [2.05, 4.69) is 60.3 Å². The van der Waals surface area contributed by atoms with E-state index in [0.29, 0.717) is 11.7 Å². The van der Waals surface area contributed by atoms with Gasteiger partial charge in [0.2, 0.25) is 0 Å². The van der Waals surface area contributed by atoms with Crippen LogP contribution in [0.4, 0.5) is 5.69 Å². The van der Waals surface area contributed by atoms with Crippen LogP contribution in [-0.4, -0.2) is 43.2 Å². The van der Waals surface area contributed by atoms with Crippen LogP contribution in [0.5, 0.6) is 5.75 Å². The maximum absolute atomic E-state index is 10.4. The van der Waals surface area contributed by atoms with E-state index in [1.165, 1.54) is 11.3 Å². The molecule has 4 rings (SSSR count). The normalized spacial score (nSPS) is 23.6. The molecular formula is C23H30ClN3O. The minimum absolute atomic E-state index is 0.121. The molecule has 28 heavy (non-hydrogen) atoms. The summed E-state index contributed by atoms with van der Waals surface area (Å²) in [6, 6.07) is 12.7. The zero-order chi connectivity index (χ0) is 19.8. The number of hydrogen-bond donors (Lipinski definition) is 2. The van der Waals surface area contributed by atoms with Gasteiger partial charge in [0.25, 0.3) is 0 Å². The van der Waals surface area contributed by atoms with Gasteiger partial charge in [-0.1, -0.05) is 30.7 Å². The fourth-order valence-corrected chi connectivity index (χ4v) is 4.99. The molecule has 1 aliphatic carbocycles. The van der Waals surface area contributed by atoms with Crippen LogP contribution in [0.1, 0.15) is 55.0 Å². The molecule has 2 N–H and O–H groups in total. The van der Waals surface area contributed by atoms with Crippen molar-refractivity contribution in [1.29, 1.82) is 0 Å². The number of rotatable bonds is 4. The summed E-state index contributed by atoms with van der Waals surface area (Å²) in [5.74, 6) is 0.692. The summed E-state index contributed by atoms with van der Waals surface area (Å²) in [4.78, 5) is 4.83. The monoisotopic (exact) mass is 399 g/mol. The first-order valence-corrected chi connectivity index (χ1v) is 10.6. The van der Waals surface area contributed by atoms with Gasteiger partial charge >= 0.3 is 0 Å². The number of nitrogens with one attached hydrogen (secondary N) is 1. The van der Waals surface area contributed by atoms with E-state index in [-0.39, 0.29) is 12.1 Å². The van der Waals surface area contributed by atoms with Gasteiger partial charge in [0.05, 0.1) is 0 Å². The number of anilines is 1. The van der Waals surface area contributed by atoms with Gasteiger partial charge in [0, 0.05) is 54.5 Å². The van der Waals surface area contributed by atoms with E-state index in [9.17, 15) is 5.11 Å². The molecule has 4 nitrogen and oxygen atoms in total. The fraction of sp³-hybridized carbons (Fsp3) is 0.478. The Labute approximate surface area is 173 Å². The topological polar surface area (TPSA) is 38.7 Å². The largest absolute Gasteiger partial charge is 0.508 e. The van der Waals surface area contributed by atoms with Crippen molar-refractivity contribution in [2.24, 2.45) is 0 Å². The van der Waals surface area contributed by atoms with Crippen LogP contribution in [0.2, 0.25) is 5.02 Å². The zero-order valence-corrected chi connectivity index (χ0v) is 17.7. The average molecular weight is 400 g/mol. The van der Waals surface area contributed by atoms with Crippen molar-refractivity contribution in [3.05, 3.63) is 58.1 Å². The molecular weight excluding hydrogens is 370 g/mol. The highest BCUT2D eigenvalue weighted by Crippen LogP contribution is 2.48. The Balaban J connectivity index is 1.47. The summed E-state index contributed by atoms with van der Waals surface area (Å²) in [6.45, 7) is 8.77. The Morgan fingerprint density at radius 3 is 2.39 bits per heavy atom. The molecule has 0 bridgehead atoms. The van der Waals surface area contributed by atoms with Crippen LogP contribution < -0.4 is 10.2 Å². The summed E-state index contributed by atoms with van der Waals surface area (Å²) in [7, 11) is 2.18. The molecule has 0 spiro atoms. The van der Waals surface area contributed by atoms with E-state index < -0.39 is 0 Å².